The summed E-state index contributed by atoms with van der Waals surface area (Å²) in [6.45, 7) is 0.380. The van der Waals surface area contributed by atoms with Gasteiger partial charge >= 0.3 is 0 Å². The molecule has 8 heteroatoms. The van der Waals surface area contributed by atoms with E-state index in [1.165, 1.54) is 13.2 Å². The van der Waals surface area contributed by atoms with Gasteiger partial charge in [0, 0.05) is 37.2 Å². The molecule has 1 spiro atoms. The molecule has 8 nitrogen and oxygen atoms in total. The number of para-hydroxylation sites is 1. The SMILES string of the molecule is COc1ccc(C(=O)N2CCC3(C(=O)Nc4ccccc43)C2c2nccn2C)cc1O. The van der Waals surface area contributed by atoms with Crippen LogP contribution in [0.5, 0.6) is 11.5 Å². The number of aromatic nitrogens is 2. The summed E-state index contributed by atoms with van der Waals surface area (Å²) in [5, 5.41) is 13.2. The van der Waals surface area contributed by atoms with Gasteiger partial charge in [-0.2, -0.15) is 0 Å². The Morgan fingerprint density at radius 2 is 2.10 bits per heavy atom. The highest BCUT2D eigenvalue weighted by atomic mass is 16.5. The van der Waals surface area contributed by atoms with Crippen molar-refractivity contribution in [3.05, 3.63) is 71.8 Å². The number of nitrogens with zero attached hydrogens (tertiary/aromatic N) is 3. The fraction of sp³-hybridized carbons (Fsp3) is 0.261. The van der Waals surface area contributed by atoms with Crippen molar-refractivity contribution in [1.82, 2.24) is 14.5 Å². The minimum Gasteiger partial charge on any atom is -0.504 e. The highest BCUT2D eigenvalue weighted by Gasteiger charge is 2.60. The van der Waals surface area contributed by atoms with Crippen LogP contribution < -0.4 is 10.1 Å². The van der Waals surface area contributed by atoms with Crippen molar-refractivity contribution < 1.29 is 19.4 Å². The van der Waals surface area contributed by atoms with Crippen LogP contribution in [0.4, 0.5) is 5.69 Å². The standard InChI is InChI=1S/C23H22N4O4/c1-26-12-10-24-20(26)19-23(15-5-3-4-6-16(15)25-22(23)30)9-11-27(19)21(29)14-7-8-18(31-2)17(28)13-14/h3-8,10,12-13,19,28H,9,11H2,1-2H3,(H,25,30). The van der Waals surface area contributed by atoms with Gasteiger partial charge < -0.3 is 24.6 Å². The topological polar surface area (TPSA) is 96.7 Å². The first-order valence-electron chi connectivity index (χ1n) is 10.0. The van der Waals surface area contributed by atoms with Crippen LogP contribution in [0, 0.1) is 0 Å². The first-order chi connectivity index (χ1) is 15.0. The lowest BCUT2D eigenvalue weighted by atomic mass is 9.74. The normalized spacial score (nSPS) is 21.9. The summed E-state index contributed by atoms with van der Waals surface area (Å²) in [5.41, 5.74) is 1.03. The third-order valence-electron chi connectivity index (χ3n) is 6.38. The first-order valence-corrected chi connectivity index (χ1v) is 10.0. The third-order valence-corrected chi connectivity index (χ3v) is 6.38. The van der Waals surface area contributed by atoms with Crippen LogP contribution in [0.3, 0.4) is 0 Å². The van der Waals surface area contributed by atoms with Crippen LogP contribution in [0.2, 0.25) is 0 Å². The Morgan fingerprint density at radius 1 is 1.29 bits per heavy atom. The van der Waals surface area contributed by atoms with E-state index in [1.54, 1.807) is 23.2 Å². The maximum Gasteiger partial charge on any atom is 0.254 e. The number of ether oxygens (including phenoxy) is 1. The zero-order chi connectivity index (χ0) is 21.8. The zero-order valence-electron chi connectivity index (χ0n) is 17.2. The lowest BCUT2D eigenvalue weighted by molar-refractivity contribution is -0.121. The Hall–Kier alpha value is -3.81. The Bertz CT molecular complexity index is 1200. The Morgan fingerprint density at radius 3 is 2.81 bits per heavy atom. The van der Waals surface area contributed by atoms with Gasteiger partial charge in [0.05, 0.1) is 7.11 Å². The van der Waals surface area contributed by atoms with Gasteiger partial charge in [-0.25, -0.2) is 4.98 Å². The Balaban J connectivity index is 1.64. The molecule has 2 amide bonds. The number of aryl methyl sites for hydroxylation is 1. The monoisotopic (exact) mass is 418 g/mol. The van der Waals surface area contributed by atoms with Crippen molar-refractivity contribution in [2.75, 3.05) is 19.0 Å². The molecule has 31 heavy (non-hydrogen) atoms. The van der Waals surface area contributed by atoms with E-state index in [1.807, 2.05) is 42.1 Å². The molecule has 2 N–H and O–H groups in total. The smallest absolute Gasteiger partial charge is 0.254 e. The molecule has 5 rings (SSSR count). The summed E-state index contributed by atoms with van der Waals surface area (Å²) in [6, 6.07) is 11.6. The number of nitrogens with one attached hydrogen (secondary N) is 1. The molecule has 1 aromatic heterocycles. The fourth-order valence-corrected chi connectivity index (χ4v) is 4.89. The molecule has 3 heterocycles. The molecular weight excluding hydrogens is 396 g/mol. The minimum absolute atomic E-state index is 0.111. The van der Waals surface area contributed by atoms with Crippen molar-refractivity contribution >= 4 is 17.5 Å². The quantitative estimate of drug-likeness (QED) is 0.682. The molecule has 3 aromatic rings. The van der Waals surface area contributed by atoms with E-state index >= 15 is 0 Å². The summed E-state index contributed by atoms with van der Waals surface area (Å²) >= 11 is 0. The van der Waals surface area contributed by atoms with Crippen LogP contribution in [0.25, 0.3) is 0 Å². The van der Waals surface area contributed by atoms with E-state index < -0.39 is 11.5 Å². The largest absolute Gasteiger partial charge is 0.504 e. The van der Waals surface area contributed by atoms with Gasteiger partial charge in [-0.15, -0.1) is 0 Å². The molecule has 2 aliphatic rings. The summed E-state index contributed by atoms with van der Waals surface area (Å²) < 4.78 is 6.93. The number of phenols is 1. The second kappa shape index (κ2) is 6.87. The molecule has 2 atom stereocenters. The fourth-order valence-electron chi connectivity index (χ4n) is 4.89. The van der Waals surface area contributed by atoms with E-state index in [0.717, 1.165) is 11.3 Å². The van der Waals surface area contributed by atoms with Gasteiger partial charge in [-0.1, -0.05) is 18.2 Å². The molecular formula is C23H22N4O4. The number of aromatic hydroxyl groups is 1. The van der Waals surface area contributed by atoms with Gasteiger partial charge in [0.2, 0.25) is 5.91 Å². The van der Waals surface area contributed by atoms with E-state index in [4.69, 9.17) is 4.74 Å². The van der Waals surface area contributed by atoms with Gasteiger partial charge in [-0.3, -0.25) is 9.59 Å². The Labute approximate surface area is 179 Å². The number of fused-ring (bicyclic) bond motifs is 2. The molecule has 0 saturated carbocycles. The molecule has 1 saturated heterocycles. The van der Waals surface area contributed by atoms with Crippen molar-refractivity contribution in [3.8, 4) is 11.5 Å². The number of likely N-dealkylation sites (tertiary alicyclic amines) is 1. The number of carbonyl (C=O) groups excluding carboxylic acids is 2. The predicted molar refractivity (Wildman–Crippen MR) is 113 cm³/mol. The number of rotatable bonds is 3. The number of hydrogen-bond donors (Lipinski definition) is 2. The molecule has 1 fully saturated rings. The van der Waals surface area contributed by atoms with Crippen molar-refractivity contribution in [2.45, 2.75) is 17.9 Å². The highest BCUT2D eigenvalue weighted by Crippen LogP contribution is 2.54. The van der Waals surface area contributed by atoms with Crippen molar-refractivity contribution in [3.63, 3.8) is 0 Å². The van der Waals surface area contributed by atoms with Gasteiger partial charge in [-0.05, 0) is 36.2 Å². The van der Waals surface area contributed by atoms with Crippen LogP contribution in [-0.2, 0) is 17.3 Å². The van der Waals surface area contributed by atoms with Gasteiger partial charge in [0.1, 0.15) is 17.3 Å². The lowest BCUT2D eigenvalue weighted by Gasteiger charge is -2.33. The third kappa shape index (κ3) is 2.64. The van der Waals surface area contributed by atoms with E-state index in [-0.39, 0.29) is 17.6 Å². The molecule has 2 aromatic carbocycles. The van der Waals surface area contributed by atoms with Crippen molar-refractivity contribution in [1.29, 1.82) is 0 Å². The predicted octanol–water partition coefficient (Wildman–Crippen LogP) is 2.61. The minimum atomic E-state index is -0.931. The van der Waals surface area contributed by atoms with Crippen LogP contribution >= 0.6 is 0 Å². The number of amides is 2. The van der Waals surface area contributed by atoms with Crippen LogP contribution in [0.15, 0.2) is 54.9 Å². The number of benzene rings is 2. The number of methoxy groups -OCH3 is 1. The van der Waals surface area contributed by atoms with E-state index in [2.05, 4.69) is 10.3 Å². The zero-order valence-corrected chi connectivity index (χ0v) is 17.2. The van der Waals surface area contributed by atoms with Gasteiger partial charge in [0.25, 0.3) is 5.91 Å². The molecule has 2 unspecified atom stereocenters. The number of carbonyl (C=O) groups is 2. The second-order valence-electron chi connectivity index (χ2n) is 7.91. The molecule has 158 valence electrons. The van der Waals surface area contributed by atoms with E-state index in [9.17, 15) is 14.7 Å². The molecule has 0 bridgehead atoms. The first kappa shape index (κ1) is 19.2. The number of phenolic OH excluding ortho intramolecular Hbond substituents is 1. The average Bonchev–Trinajstić information content (AvgIpc) is 3.44. The molecule has 2 aliphatic heterocycles. The molecule has 0 radical (unpaired) electrons. The number of hydrogen-bond acceptors (Lipinski definition) is 5. The number of anilines is 1. The second-order valence-corrected chi connectivity index (χ2v) is 7.91. The Kier molecular flexibility index (Phi) is 4.25. The van der Waals surface area contributed by atoms with Gasteiger partial charge in [0.15, 0.2) is 11.5 Å². The summed E-state index contributed by atoms with van der Waals surface area (Å²) in [5.74, 6) is 0.406. The summed E-state index contributed by atoms with van der Waals surface area (Å²) in [7, 11) is 3.31. The maximum absolute atomic E-state index is 13.6. The highest BCUT2D eigenvalue weighted by molar-refractivity contribution is 6.08. The van der Waals surface area contributed by atoms with Crippen LogP contribution in [-0.4, -0.2) is 45.0 Å². The lowest BCUT2D eigenvalue weighted by Crippen LogP contribution is -2.43. The summed E-state index contributed by atoms with van der Waals surface area (Å²) in [4.78, 5) is 33.2. The molecule has 0 aliphatic carbocycles. The summed E-state index contributed by atoms with van der Waals surface area (Å²) in [6.07, 6.45) is 3.95. The average molecular weight is 418 g/mol. The number of imidazole rings is 1. The maximum atomic E-state index is 13.6. The van der Waals surface area contributed by atoms with Crippen molar-refractivity contribution in [2.24, 2.45) is 7.05 Å². The van der Waals surface area contributed by atoms with Crippen LogP contribution in [0.1, 0.15) is 34.2 Å². The van der Waals surface area contributed by atoms with E-state index in [0.29, 0.717) is 30.1 Å².